The first-order valence-corrected chi connectivity index (χ1v) is 12.8. The fourth-order valence-corrected chi connectivity index (χ4v) is 4.13. The van der Waals surface area contributed by atoms with E-state index in [1.165, 1.54) is 89.2 Å². The van der Waals surface area contributed by atoms with Gasteiger partial charge in [0.05, 0.1) is 4.92 Å². The van der Waals surface area contributed by atoms with Gasteiger partial charge in [-0.15, -0.1) is 0 Å². The number of hydrogen-bond acceptors (Lipinski definition) is 4. The fourth-order valence-electron chi connectivity index (χ4n) is 4.13. The van der Waals surface area contributed by atoms with Crippen molar-refractivity contribution in [2.75, 3.05) is 0 Å². The minimum atomic E-state index is -1.26. The lowest BCUT2D eigenvalue weighted by molar-refractivity contribution is -0.384. The number of carbonyl (C=O) groups is 1. The molecule has 0 saturated heterocycles. The van der Waals surface area contributed by atoms with Gasteiger partial charge < -0.3 is 9.84 Å². The number of aromatic carboxylic acids is 1. The Balaban J connectivity index is 1.68. The van der Waals surface area contributed by atoms with Gasteiger partial charge in [0, 0.05) is 12.1 Å². The van der Waals surface area contributed by atoms with E-state index in [2.05, 4.69) is 6.92 Å². The SMILES string of the molecule is CCCCCCCCCCCCCCCc1cccc(Oc2ccc([N+](=O)[O-])cc2C(=O)O)c1. The van der Waals surface area contributed by atoms with Gasteiger partial charge in [-0.2, -0.15) is 0 Å². The quantitative estimate of drug-likeness (QED) is 0.134. The van der Waals surface area contributed by atoms with Crippen LogP contribution in [0.5, 0.6) is 11.5 Å². The van der Waals surface area contributed by atoms with E-state index in [0.29, 0.717) is 5.75 Å². The van der Waals surface area contributed by atoms with Crippen molar-refractivity contribution in [2.24, 2.45) is 0 Å². The topological polar surface area (TPSA) is 89.7 Å². The summed E-state index contributed by atoms with van der Waals surface area (Å²) in [6.45, 7) is 2.26. The highest BCUT2D eigenvalue weighted by atomic mass is 16.6. The van der Waals surface area contributed by atoms with Crippen molar-refractivity contribution in [3.05, 3.63) is 63.7 Å². The summed E-state index contributed by atoms with van der Waals surface area (Å²) >= 11 is 0. The number of nitro groups is 1. The number of hydrogen-bond donors (Lipinski definition) is 1. The Kier molecular flexibility index (Phi) is 12.8. The van der Waals surface area contributed by atoms with Gasteiger partial charge in [-0.25, -0.2) is 4.79 Å². The summed E-state index contributed by atoms with van der Waals surface area (Å²) in [5.74, 6) is -0.637. The molecule has 0 bridgehead atoms. The summed E-state index contributed by atoms with van der Waals surface area (Å²) in [6, 6.07) is 11.2. The van der Waals surface area contributed by atoms with E-state index in [1.807, 2.05) is 18.2 Å². The number of unbranched alkanes of at least 4 members (excludes halogenated alkanes) is 12. The number of rotatable bonds is 18. The summed E-state index contributed by atoms with van der Waals surface area (Å²) in [6.07, 6.45) is 18.1. The zero-order chi connectivity index (χ0) is 24.6. The van der Waals surface area contributed by atoms with Crippen LogP contribution in [0, 0.1) is 10.1 Å². The third-order valence-electron chi connectivity index (χ3n) is 6.10. The van der Waals surface area contributed by atoms with Gasteiger partial charge in [-0.3, -0.25) is 10.1 Å². The third kappa shape index (κ3) is 10.4. The van der Waals surface area contributed by atoms with Gasteiger partial charge in [0.2, 0.25) is 0 Å². The number of carboxylic acids is 1. The van der Waals surface area contributed by atoms with E-state index in [0.717, 1.165) is 24.5 Å². The van der Waals surface area contributed by atoms with Crippen molar-refractivity contribution in [3.8, 4) is 11.5 Å². The van der Waals surface area contributed by atoms with Crippen LogP contribution in [0.2, 0.25) is 0 Å². The highest BCUT2D eigenvalue weighted by Gasteiger charge is 2.17. The first-order chi connectivity index (χ1) is 16.5. The average molecular weight is 470 g/mol. The van der Waals surface area contributed by atoms with Crippen LogP contribution in [0.25, 0.3) is 0 Å². The van der Waals surface area contributed by atoms with E-state index in [1.54, 1.807) is 6.07 Å². The Morgan fingerprint density at radius 3 is 2.00 bits per heavy atom. The number of nitrogens with zero attached hydrogens (tertiary/aromatic N) is 1. The van der Waals surface area contributed by atoms with E-state index < -0.39 is 10.9 Å². The lowest BCUT2D eigenvalue weighted by atomic mass is 10.0. The highest BCUT2D eigenvalue weighted by Crippen LogP contribution is 2.29. The minimum absolute atomic E-state index is 0.0937. The second kappa shape index (κ2) is 15.9. The maximum Gasteiger partial charge on any atom is 0.339 e. The van der Waals surface area contributed by atoms with Gasteiger partial charge in [0.25, 0.3) is 5.69 Å². The molecule has 0 saturated carbocycles. The van der Waals surface area contributed by atoms with E-state index in [9.17, 15) is 20.0 Å². The second-order valence-electron chi connectivity index (χ2n) is 8.98. The van der Waals surface area contributed by atoms with Crippen molar-refractivity contribution in [1.29, 1.82) is 0 Å². The molecule has 0 aliphatic heterocycles. The number of non-ortho nitro benzene ring substituents is 1. The van der Waals surface area contributed by atoms with Crippen molar-refractivity contribution < 1.29 is 19.6 Å². The molecule has 0 amide bonds. The van der Waals surface area contributed by atoms with Gasteiger partial charge in [0.1, 0.15) is 17.1 Å². The predicted octanol–water partition coefficient (Wildman–Crippen LogP) is 8.72. The molecule has 0 aliphatic rings. The highest BCUT2D eigenvalue weighted by molar-refractivity contribution is 5.91. The van der Waals surface area contributed by atoms with E-state index in [-0.39, 0.29) is 17.0 Å². The molecule has 0 radical (unpaired) electrons. The van der Waals surface area contributed by atoms with Crippen molar-refractivity contribution in [3.63, 3.8) is 0 Å². The molecule has 2 rings (SSSR count). The monoisotopic (exact) mass is 469 g/mol. The number of nitro benzene ring substituents is 1. The van der Waals surface area contributed by atoms with Gasteiger partial charge in [0.15, 0.2) is 0 Å². The van der Waals surface area contributed by atoms with Crippen molar-refractivity contribution in [1.82, 2.24) is 0 Å². The lowest BCUT2D eigenvalue weighted by Gasteiger charge is -2.10. The minimum Gasteiger partial charge on any atom is -0.478 e. The largest absolute Gasteiger partial charge is 0.478 e. The number of carboxylic acid groups (broad SMARTS) is 1. The van der Waals surface area contributed by atoms with Crippen LogP contribution in [0.1, 0.15) is 106 Å². The molecule has 0 atom stereocenters. The summed E-state index contributed by atoms with van der Waals surface area (Å²) in [4.78, 5) is 21.8. The van der Waals surface area contributed by atoms with Gasteiger partial charge in [-0.05, 0) is 36.6 Å². The molecule has 6 heteroatoms. The fraction of sp³-hybridized carbons (Fsp3) is 0.536. The first-order valence-electron chi connectivity index (χ1n) is 12.8. The molecule has 0 aromatic heterocycles. The molecule has 0 spiro atoms. The summed E-state index contributed by atoms with van der Waals surface area (Å²) in [7, 11) is 0. The Bertz CT molecular complexity index is 896. The Hall–Kier alpha value is -2.89. The van der Waals surface area contributed by atoms with Crippen LogP contribution < -0.4 is 4.74 Å². The lowest BCUT2D eigenvalue weighted by Crippen LogP contribution is -2.01. The zero-order valence-corrected chi connectivity index (χ0v) is 20.5. The molecular weight excluding hydrogens is 430 g/mol. The molecular formula is C28H39NO5. The van der Waals surface area contributed by atoms with Crippen molar-refractivity contribution >= 4 is 11.7 Å². The molecule has 6 nitrogen and oxygen atoms in total. The predicted molar refractivity (Wildman–Crippen MR) is 136 cm³/mol. The van der Waals surface area contributed by atoms with Crippen LogP contribution >= 0.6 is 0 Å². The third-order valence-corrected chi connectivity index (χ3v) is 6.10. The summed E-state index contributed by atoms with van der Waals surface area (Å²) in [5, 5.41) is 20.3. The Labute approximate surface area is 203 Å². The normalized spacial score (nSPS) is 10.9. The van der Waals surface area contributed by atoms with Gasteiger partial charge >= 0.3 is 5.97 Å². The number of benzene rings is 2. The van der Waals surface area contributed by atoms with E-state index in [4.69, 9.17) is 4.74 Å². The van der Waals surface area contributed by atoms with E-state index >= 15 is 0 Å². The standard InChI is InChI=1S/C28H39NO5/c1-2-3-4-5-6-7-8-9-10-11-12-13-14-16-23-17-15-18-25(21-23)34-27-20-19-24(29(32)33)22-26(27)28(30)31/h15,17-22H,2-14,16H2,1H3,(H,30,31). The van der Waals surface area contributed by atoms with Crippen LogP contribution in [-0.2, 0) is 6.42 Å². The average Bonchev–Trinajstić information content (AvgIpc) is 2.82. The molecule has 34 heavy (non-hydrogen) atoms. The Morgan fingerprint density at radius 2 is 1.44 bits per heavy atom. The molecule has 0 fully saturated rings. The number of ether oxygens (including phenoxy) is 1. The van der Waals surface area contributed by atoms with Crippen LogP contribution in [0.4, 0.5) is 5.69 Å². The molecule has 1 N–H and O–H groups in total. The molecule has 0 aliphatic carbocycles. The smallest absolute Gasteiger partial charge is 0.339 e. The Morgan fingerprint density at radius 1 is 0.853 bits per heavy atom. The van der Waals surface area contributed by atoms with Gasteiger partial charge in [-0.1, -0.05) is 96.1 Å². The van der Waals surface area contributed by atoms with Crippen LogP contribution in [0.3, 0.4) is 0 Å². The molecule has 0 unspecified atom stereocenters. The molecule has 0 heterocycles. The summed E-state index contributed by atoms with van der Waals surface area (Å²) in [5.41, 5.74) is 0.636. The maximum atomic E-state index is 11.5. The van der Waals surface area contributed by atoms with Crippen LogP contribution in [-0.4, -0.2) is 16.0 Å². The molecule has 2 aromatic rings. The van der Waals surface area contributed by atoms with Crippen molar-refractivity contribution in [2.45, 2.75) is 96.8 Å². The summed E-state index contributed by atoms with van der Waals surface area (Å²) < 4.78 is 5.76. The maximum absolute atomic E-state index is 11.5. The van der Waals surface area contributed by atoms with Crippen LogP contribution in [0.15, 0.2) is 42.5 Å². The number of aryl methyl sites for hydroxylation is 1. The second-order valence-corrected chi connectivity index (χ2v) is 8.98. The molecule has 2 aromatic carbocycles. The molecule has 186 valence electrons. The zero-order valence-electron chi connectivity index (χ0n) is 20.5. The first kappa shape index (κ1) is 27.4.